The van der Waals surface area contributed by atoms with Crippen LogP contribution in [0.2, 0.25) is 0 Å². The summed E-state index contributed by atoms with van der Waals surface area (Å²) in [5.74, 6) is 0. The van der Waals surface area contributed by atoms with Crippen molar-refractivity contribution >= 4 is 0 Å². The summed E-state index contributed by atoms with van der Waals surface area (Å²) in [6.45, 7) is 4.14. The minimum Gasteiger partial charge on any atom is -0.392 e. The van der Waals surface area contributed by atoms with Gasteiger partial charge in [-0.15, -0.1) is 0 Å². The molecule has 0 saturated heterocycles. The quantitative estimate of drug-likeness (QED) is 0.837. The maximum absolute atomic E-state index is 10.5. The molecule has 0 aromatic heterocycles. The van der Waals surface area contributed by atoms with Crippen LogP contribution in [0.1, 0.15) is 45.1 Å². The van der Waals surface area contributed by atoms with E-state index in [4.69, 9.17) is 4.74 Å². The molecular weight excluding hydrogens is 224 g/mol. The SMILES string of the molecule is COC(C)(C)CCC(O)C1(c2ccccc2)CC1. The van der Waals surface area contributed by atoms with Crippen LogP contribution >= 0.6 is 0 Å². The van der Waals surface area contributed by atoms with Gasteiger partial charge in [0, 0.05) is 12.5 Å². The van der Waals surface area contributed by atoms with Crippen molar-refractivity contribution in [3.8, 4) is 0 Å². The van der Waals surface area contributed by atoms with E-state index in [1.54, 1.807) is 7.11 Å². The molecule has 2 heteroatoms. The summed E-state index contributed by atoms with van der Waals surface area (Å²) in [6, 6.07) is 10.4. The number of hydrogen-bond acceptors (Lipinski definition) is 2. The third-order valence-electron chi connectivity index (χ3n) is 4.35. The predicted octanol–water partition coefficient (Wildman–Crippen LogP) is 3.28. The molecule has 0 spiro atoms. The van der Waals surface area contributed by atoms with Gasteiger partial charge < -0.3 is 9.84 Å². The first kappa shape index (κ1) is 13.6. The van der Waals surface area contributed by atoms with E-state index < -0.39 is 0 Å². The molecule has 1 aliphatic rings. The molecule has 1 fully saturated rings. The van der Waals surface area contributed by atoms with Crippen LogP contribution in [0, 0.1) is 0 Å². The topological polar surface area (TPSA) is 29.5 Å². The van der Waals surface area contributed by atoms with Gasteiger partial charge in [0.2, 0.25) is 0 Å². The van der Waals surface area contributed by atoms with E-state index in [0.717, 1.165) is 25.7 Å². The predicted molar refractivity (Wildman–Crippen MR) is 73.7 cm³/mol. The molecule has 1 saturated carbocycles. The van der Waals surface area contributed by atoms with E-state index in [-0.39, 0.29) is 17.1 Å². The number of rotatable bonds is 6. The molecule has 1 unspecified atom stereocenters. The van der Waals surface area contributed by atoms with Gasteiger partial charge in [-0.05, 0) is 45.1 Å². The zero-order chi connectivity index (χ0) is 13.2. The van der Waals surface area contributed by atoms with Crippen LogP contribution in [-0.2, 0) is 10.2 Å². The van der Waals surface area contributed by atoms with Gasteiger partial charge in [0.15, 0.2) is 0 Å². The van der Waals surface area contributed by atoms with Crippen molar-refractivity contribution in [1.82, 2.24) is 0 Å². The van der Waals surface area contributed by atoms with E-state index in [9.17, 15) is 5.11 Å². The van der Waals surface area contributed by atoms with Crippen LogP contribution in [0.4, 0.5) is 0 Å². The zero-order valence-electron chi connectivity index (χ0n) is 11.6. The molecule has 0 heterocycles. The van der Waals surface area contributed by atoms with Gasteiger partial charge in [-0.2, -0.15) is 0 Å². The van der Waals surface area contributed by atoms with Gasteiger partial charge in [-0.1, -0.05) is 30.3 Å². The minimum atomic E-state index is -0.255. The highest BCUT2D eigenvalue weighted by molar-refractivity contribution is 5.32. The first-order chi connectivity index (χ1) is 8.50. The lowest BCUT2D eigenvalue weighted by Gasteiger charge is -2.28. The molecule has 2 rings (SSSR count). The second-order valence-corrected chi connectivity index (χ2v) is 6.04. The van der Waals surface area contributed by atoms with E-state index in [0.29, 0.717) is 0 Å². The number of aliphatic hydroxyl groups is 1. The first-order valence-electron chi connectivity index (χ1n) is 6.79. The highest BCUT2D eigenvalue weighted by Gasteiger charge is 2.50. The van der Waals surface area contributed by atoms with Crippen molar-refractivity contribution in [2.24, 2.45) is 0 Å². The summed E-state index contributed by atoms with van der Waals surface area (Å²) < 4.78 is 5.42. The van der Waals surface area contributed by atoms with Crippen molar-refractivity contribution in [2.45, 2.75) is 56.7 Å². The molecule has 0 radical (unpaired) electrons. The van der Waals surface area contributed by atoms with Crippen LogP contribution in [0.3, 0.4) is 0 Å². The summed E-state index contributed by atoms with van der Waals surface area (Å²) in [5.41, 5.74) is 1.16. The highest BCUT2D eigenvalue weighted by atomic mass is 16.5. The third kappa shape index (κ3) is 2.76. The van der Waals surface area contributed by atoms with Crippen LogP contribution in [0.25, 0.3) is 0 Å². The van der Waals surface area contributed by atoms with Gasteiger partial charge >= 0.3 is 0 Å². The lowest BCUT2D eigenvalue weighted by atomic mass is 9.85. The van der Waals surface area contributed by atoms with Crippen molar-refractivity contribution in [1.29, 1.82) is 0 Å². The Labute approximate surface area is 110 Å². The van der Waals surface area contributed by atoms with Crippen LogP contribution < -0.4 is 0 Å². The van der Waals surface area contributed by atoms with Crippen molar-refractivity contribution in [3.63, 3.8) is 0 Å². The smallest absolute Gasteiger partial charge is 0.0637 e. The molecule has 1 aliphatic carbocycles. The number of methoxy groups -OCH3 is 1. The average molecular weight is 248 g/mol. The molecule has 2 nitrogen and oxygen atoms in total. The maximum Gasteiger partial charge on any atom is 0.0637 e. The number of aliphatic hydroxyl groups excluding tert-OH is 1. The van der Waals surface area contributed by atoms with Gasteiger partial charge in [-0.25, -0.2) is 0 Å². The fourth-order valence-corrected chi connectivity index (χ4v) is 2.58. The Balaban J connectivity index is 1.99. The van der Waals surface area contributed by atoms with Gasteiger partial charge in [0.1, 0.15) is 0 Å². The summed E-state index contributed by atoms with van der Waals surface area (Å²) >= 11 is 0. The van der Waals surface area contributed by atoms with Gasteiger partial charge in [0.25, 0.3) is 0 Å². The number of benzene rings is 1. The summed E-state index contributed by atoms with van der Waals surface area (Å²) in [4.78, 5) is 0. The molecule has 100 valence electrons. The summed E-state index contributed by atoms with van der Waals surface area (Å²) in [7, 11) is 1.73. The minimum absolute atomic E-state index is 0.0189. The van der Waals surface area contributed by atoms with E-state index >= 15 is 0 Å². The fourth-order valence-electron chi connectivity index (χ4n) is 2.58. The molecule has 18 heavy (non-hydrogen) atoms. The second kappa shape index (κ2) is 5.02. The van der Waals surface area contributed by atoms with E-state index in [2.05, 4.69) is 38.1 Å². The van der Waals surface area contributed by atoms with Crippen molar-refractivity contribution < 1.29 is 9.84 Å². The highest BCUT2D eigenvalue weighted by Crippen LogP contribution is 2.52. The number of ether oxygens (including phenoxy) is 1. The molecule has 1 aromatic rings. The Morgan fingerprint density at radius 1 is 1.28 bits per heavy atom. The molecule has 1 atom stereocenters. The van der Waals surface area contributed by atoms with E-state index in [1.807, 2.05) is 6.07 Å². The normalized spacial score (nSPS) is 19.6. The summed E-state index contributed by atoms with van der Waals surface area (Å²) in [5, 5.41) is 10.5. The lowest BCUT2D eigenvalue weighted by molar-refractivity contribution is -0.00119. The monoisotopic (exact) mass is 248 g/mol. The number of hydrogen-bond donors (Lipinski definition) is 1. The van der Waals surface area contributed by atoms with Crippen LogP contribution in [-0.4, -0.2) is 23.9 Å². The largest absolute Gasteiger partial charge is 0.392 e. The van der Waals surface area contributed by atoms with Crippen LogP contribution in [0.15, 0.2) is 30.3 Å². The Morgan fingerprint density at radius 3 is 2.39 bits per heavy atom. The fraction of sp³-hybridized carbons (Fsp3) is 0.625. The third-order valence-corrected chi connectivity index (χ3v) is 4.35. The maximum atomic E-state index is 10.5. The average Bonchev–Trinajstić information content (AvgIpc) is 3.19. The zero-order valence-corrected chi connectivity index (χ0v) is 11.6. The Bertz CT molecular complexity index is 379. The lowest BCUT2D eigenvalue weighted by Crippen LogP contribution is -2.30. The molecule has 0 bridgehead atoms. The Morgan fingerprint density at radius 2 is 1.89 bits per heavy atom. The summed E-state index contributed by atoms with van der Waals surface area (Å²) in [6.07, 6.45) is 3.64. The van der Waals surface area contributed by atoms with Crippen molar-refractivity contribution in [2.75, 3.05) is 7.11 Å². The van der Waals surface area contributed by atoms with Crippen LogP contribution in [0.5, 0.6) is 0 Å². The molecular formula is C16H24O2. The van der Waals surface area contributed by atoms with E-state index in [1.165, 1.54) is 5.56 Å². The molecule has 1 aromatic carbocycles. The molecule has 0 aliphatic heterocycles. The Kier molecular flexibility index (Phi) is 3.79. The second-order valence-electron chi connectivity index (χ2n) is 6.04. The first-order valence-corrected chi connectivity index (χ1v) is 6.79. The molecule has 1 N–H and O–H groups in total. The van der Waals surface area contributed by atoms with Crippen molar-refractivity contribution in [3.05, 3.63) is 35.9 Å². The molecule has 0 amide bonds. The Hall–Kier alpha value is -0.860. The van der Waals surface area contributed by atoms with Gasteiger partial charge in [0.05, 0.1) is 11.7 Å². The van der Waals surface area contributed by atoms with Gasteiger partial charge in [-0.3, -0.25) is 0 Å². The standard InChI is InChI=1S/C16H24O2/c1-15(2,18-3)10-9-14(17)16(11-12-16)13-7-5-4-6-8-13/h4-8,14,17H,9-12H2,1-3H3.